The van der Waals surface area contributed by atoms with E-state index >= 15 is 0 Å². The van der Waals surface area contributed by atoms with Crippen LogP contribution in [0.25, 0.3) is 0 Å². The van der Waals surface area contributed by atoms with Gasteiger partial charge in [0.1, 0.15) is 5.02 Å². The number of halogens is 1. The Bertz CT molecular complexity index is 1020. The average molecular weight is 390 g/mol. The molecule has 3 aromatic rings. The van der Waals surface area contributed by atoms with Gasteiger partial charge < -0.3 is 0 Å². The molecule has 0 saturated heterocycles. The normalized spacial score (nSPS) is 11.5. The van der Waals surface area contributed by atoms with E-state index in [9.17, 15) is 8.42 Å². The largest absolute Gasteiger partial charge is 0.265 e. The van der Waals surface area contributed by atoms with Gasteiger partial charge in [0.05, 0.1) is 11.4 Å². The predicted molar refractivity (Wildman–Crippen MR) is 104 cm³/mol. The number of aryl methyl sites for hydroxylation is 3. The quantitative estimate of drug-likeness (QED) is 0.707. The van der Waals surface area contributed by atoms with E-state index in [4.69, 9.17) is 11.6 Å². The zero-order chi connectivity index (χ0) is 18.9. The second-order valence-corrected chi connectivity index (χ2v) is 8.37. The molecule has 0 fully saturated rings. The van der Waals surface area contributed by atoms with E-state index in [0.29, 0.717) is 17.7 Å². The van der Waals surface area contributed by atoms with Crippen LogP contribution in [-0.4, -0.2) is 18.2 Å². The van der Waals surface area contributed by atoms with E-state index < -0.39 is 10.0 Å². The van der Waals surface area contributed by atoms with Crippen LogP contribution in [0.1, 0.15) is 22.3 Å². The van der Waals surface area contributed by atoms with Crippen LogP contribution in [0.2, 0.25) is 5.02 Å². The first-order valence-electron chi connectivity index (χ1n) is 8.14. The van der Waals surface area contributed by atoms with Crippen molar-refractivity contribution in [3.8, 4) is 0 Å². The fourth-order valence-electron chi connectivity index (χ4n) is 3.09. The molecular formula is C19H20ClN3O2S. The first-order valence-corrected chi connectivity index (χ1v) is 10.00. The number of anilines is 1. The molecule has 2 aromatic carbocycles. The number of hydrogen-bond acceptors (Lipinski definition) is 3. The predicted octanol–water partition coefficient (Wildman–Crippen LogP) is 4.31. The lowest BCUT2D eigenvalue weighted by Crippen LogP contribution is -2.17. The van der Waals surface area contributed by atoms with Crippen molar-refractivity contribution in [2.24, 2.45) is 0 Å². The van der Waals surface area contributed by atoms with Gasteiger partial charge in [-0.25, -0.2) is 8.42 Å². The van der Waals surface area contributed by atoms with E-state index in [-0.39, 0.29) is 15.7 Å². The minimum Gasteiger partial charge on any atom is -0.265 e. The number of nitrogens with zero attached hydrogens (tertiary/aromatic N) is 2. The van der Waals surface area contributed by atoms with E-state index in [1.807, 2.05) is 49.4 Å². The maximum absolute atomic E-state index is 12.9. The summed E-state index contributed by atoms with van der Waals surface area (Å²) in [5, 5.41) is 4.54. The Kier molecular flexibility index (Phi) is 5.07. The molecule has 0 atom stereocenters. The van der Waals surface area contributed by atoms with E-state index in [1.54, 1.807) is 24.7 Å². The highest BCUT2D eigenvalue weighted by Gasteiger charge is 2.22. The lowest BCUT2D eigenvalue weighted by Gasteiger charge is -2.12. The Hall–Kier alpha value is -2.31. The third-order valence-electron chi connectivity index (χ3n) is 4.01. The highest BCUT2D eigenvalue weighted by atomic mass is 35.5. The minimum atomic E-state index is -3.78. The summed E-state index contributed by atoms with van der Waals surface area (Å²) >= 11 is 6.20. The van der Waals surface area contributed by atoms with Crippen molar-refractivity contribution in [2.45, 2.75) is 32.2 Å². The third-order valence-corrected chi connectivity index (χ3v) is 5.93. The van der Waals surface area contributed by atoms with Crippen molar-refractivity contribution in [3.05, 3.63) is 75.9 Å². The summed E-state index contributed by atoms with van der Waals surface area (Å²) in [6, 6.07) is 13.4. The molecule has 0 spiro atoms. The highest BCUT2D eigenvalue weighted by molar-refractivity contribution is 7.92. The zero-order valence-electron chi connectivity index (χ0n) is 14.8. The number of benzene rings is 2. The number of hydrogen-bond donors (Lipinski definition) is 1. The van der Waals surface area contributed by atoms with Gasteiger partial charge >= 0.3 is 0 Å². The fraction of sp³-hybridized carbons (Fsp3) is 0.211. The van der Waals surface area contributed by atoms with Crippen molar-refractivity contribution in [2.75, 3.05) is 4.72 Å². The molecule has 0 radical (unpaired) electrons. The monoisotopic (exact) mass is 389 g/mol. The smallest absolute Gasteiger partial charge is 0.263 e. The first kappa shape index (κ1) is 18.5. The third kappa shape index (κ3) is 3.92. The Labute approximate surface area is 158 Å². The molecule has 26 heavy (non-hydrogen) atoms. The van der Waals surface area contributed by atoms with Crippen molar-refractivity contribution < 1.29 is 8.42 Å². The van der Waals surface area contributed by atoms with Gasteiger partial charge in [0.25, 0.3) is 10.0 Å². The highest BCUT2D eigenvalue weighted by Crippen LogP contribution is 2.27. The van der Waals surface area contributed by atoms with Gasteiger partial charge in [0.15, 0.2) is 5.82 Å². The summed E-state index contributed by atoms with van der Waals surface area (Å²) in [6.07, 6.45) is 1.61. The minimum absolute atomic E-state index is 0.127. The molecule has 0 amide bonds. The molecule has 0 unspecified atom stereocenters. The molecule has 1 N–H and O–H groups in total. The molecule has 7 heteroatoms. The van der Waals surface area contributed by atoms with E-state index in [0.717, 1.165) is 11.1 Å². The number of aromatic nitrogens is 2. The van der Waals surface area contributed by atoms with Crippen molar-refractivity contribution in [1.82, 2.24) is 9.78 Å². The molecule has 1 heterocycles. The summed E-state index contributed by atoms with van der Waals surface area (Å²) in [4.78, 5) is 0.261. The zero-order valence-corrected chi connectivity index (χ0v) is 16.4. The van der Waals surface area contributed by atoms with Crippen LogP contribution in [0.4, 0.5) is 5.82 Å². The molecule has 0 saturated carbocycles. The molecule has 1 aromatic heterocycles. The van der Waals surface area contributed by atoms with Gasteiger partial charge in [-0.15, -0.1) is 0 Å². The van der Waals surface area contributed by atoms with Gasteiger partial charge in [-0.1, -0.05) is 59.6 Å². The van der Waals surface area contributed by atoms with Crippen LogP contribution in [0.15, 0.2) is 53.6 Å². The summed E-state index contributed by atoms with van der Waals surface area (Å²) < 4.78 is 29.8. The summed E-state index contributed by atoms with van der Waals surface area (Å²) in [5.41, 5.74) is 3.44. The standard InChI is InChI=1S/C19H20ClN3O2S/c1-13-9-14(2)18(15(3)10-13)26(24,25)22-19-17(20)12-23(21-19)11-16-7-5-4-6-8-16/h4-10,12H,11H2,1-3H3,(H,21,22). The summed E-state index contributed by atoms with van der Waals surface area (Å²) in [6.45, 7) is 6.01. The van der Waals surface area contributed by atoms with Crippen molar-refractivity contribution >= 4 is 27.4 Å². The van der Waals surface area contributed by atoms with Crippen molar-refractivity contribution in [3.63, 3.8) is 0 Å². The maximum Gasteiger partial charge on any atom is 0.263 e. The van der Waals surface area contributed by atoms with Gasteiger partial charge in [0, 0.05) is 6.20 Å². The first-order chi connectivity index (χ1) is 12.3. The lowest BCUT2D eigenvalue weighted by molar-refractivity contribution is 0.599. The summed E-state index contributed by atoms with van der Waals surface area (Å²) in [5.74, 6) is 0.127. The number of rotatable bonds is 5. The molecule has 0 aliphatic rings. The topological polar surface area (TPSA) is 64.0 Å². The number of nitrogens with one attached hydrogen (secondary N) is 1. The van der Waals surface area contributed by atoms with Crippen LogP contribution in [-0.2, 0) is 16.6 Å². The van der Waals surface area contributed by atoms with Gasteiger partial charge in [-0.3, -0.25) is 9.40 Å². The SMILES string of the molecule is Cc1cc(C)c(S(=O)(=O)Nc2nn(Cc3ccccc3)cc2Cl)c(C)c1. The molecule has 0 aliphatic carbocycles. The molecule has 0 bridgehead atoms. The average Bonchev–Trinajstić information content (AvgIpc) is 2.85. The molecule has 136 valence electrons. The Morgan fingerprint density at radius 1 is 1.08 bits per heavy atom. The van der Waals surface area contributed by atoms with E-state index in [1.165, 1.54) is 0 Å². The van der Waals surface area contributed by atoms with Gasteiger partial charge in [0.2, 0.25) is 0 Å². The number of sulfonamides is 1. The van der Waals surface area contributed by atoms with Crippen molar-refractivity contribution in [1.29, 1.82) is 0 Å². The molecular weight excluding hydrogens is 370 g/mol. The molecule has 5 nitrogen and oxygen atoms in total. The second-order valence-electron chi connectivity index (χ2n) is 6.34. The van der Waals surface area contributed by atoms with Gasteiger partial charge in [-0.05, 0) is 37.5 Å². The second kappa shape index (κ2) is 7.13. The van der Waals surface area contributed by atoms with Crippen LogP contribution in [0.3, 0.4) is 0 Å². The van der Waals surface area contributed by atoms with Crippen LogP contribution in [0.5, 0.6) is 0 Å². The lowest BCUT2D eigenvalue weighted by atomic mass is 10.1. The van der Waals surface area contributed by atoms with Crippen LogP contribution >= 0.6 is 11.6 Å². The summed E-state index contributed by atoms with van der Waals surface area (Å²) in [7, 11) is -3.78. The molecule has 3 rings (SSSR count). The fourth-order valence-corrected chi connectivity index (χ4v) is 4.81. The maximum atomic E-state index is 12.9. The van der Waals surface area contributed by atoms with Crippen LogP contribution < -0.4 is 4.72 Å². The van der Waals surface area contributed by atoms with Gasteiger partial charge in [-0.2, -0.15) is 5.10 Å². The van der Waals surface area contributed by atoms with E-state index in [2.05, 4.69) is 9.82 Å². The Balaban J connectivity index is 1.89. The Morgan fingerprint density at radius 2 is 1.69 bits per heavy atom. The molecule has 0 aliphatic heterocycles. The van der Waals surface area contributed by atoms with Crippen LogP contribution in [0, 0.1) is 20.8 Å². The Morgan fingerprint density at radius 3 is 2.31 bits per heavy atom.